The van der Waals surface area contributed by atoms with E-state index in [9.17, 15) is 0 Å². The van der Waals surface area contributed by atoms with Gasteiger partial charge in [-0.05, 0) is 6.92 Å². The molecule has 0 rings (SSSR count). The van der Waals surface area contributed by atoms with Crippen LogP contribution in [0, 0.1) is 0 Å². The van der Waals surface area contributed by atoms with E-state index in [1.54, 1.807) is 0 Å². The predicted octanol–water partition coefficient (Wildman–Crippen LogP) is -0.598. The Bertz CT molecular complexity index is 14.4. The lowest BCUT2D eigenvalue weighted by molar-refractivity contribution is -0.633. The third-order valence-electron chi connectivity index (χ3n) is 0.455. The molecule has 0 aliphatic rings. The first-order valence-electron chi connectivity index (χ1n) is 1.93. The highest BCUT2D eigenvalue weighted by atomic mass is 31.0. The maximum Gasteiger partial charge on any atom is 0.0876 e. The van der Waals surface area contributed by atoms with E-state index in [1.165, 1.54) is 6.54 Å². The van der Waals surface area contributed by atoms with Gasteiger partial charge in [-0.25, -0.2) is 0 Å². The summed E-state index contributed by atoms with van der Waals surface area (Å²) < 4.78 is 0. The standard InChI is InChI=1S/C3H10NP/c1-2-4-3-5/h4H,2-3,5H2,1H3/p+1. The lowest BCUT2D eigenvalue weighted by atomic mass is 10.8. The molecule has 0 saturated heterocycles. The maximum absolute atomic E-state index is 2.64. The Morgan fingerprint density at radius 3 is 2.40 bits per heavy atom. The van der Waals surface area contributed by atoms with E-state index in [-0.39, 0.29) is 0 Å². The van der Waals surface area contributed by atoms with Gasteiger partial charge in [0.1, 0.15) is 0 Å². The van der Waals surface area contributed by atoms with Crippen LogP contribution in [-0.4, -0.2) is 12.8 Å². The summed E-state index contributed by atoms with van der Waals surface area (Å²) >= 11 is 0. The van der Waals surface area contributed by atoms with Crippen molar-refractivity contribution in [2.75, 3.05) is 12.8 Å². The second kappa shape index (κ2) is 4.39. The van der Waals surface area contributed by atoms with Gasteiger partial charge in [-0.3, -0.25) is 0 Å². The van der Waals surface area contributed by atoms with Crippen molar-refractivity contribution in [1.82, 2.24) is 0 Å². The molecule has 2 heteroatoms. The molecule has 0 bridgehead atoms. The average molecular weight is 92.1 g/mol. The first-order chi connectivity index (χ1) is 2.41. The summed E-state index contributed by atoms with van der Waals surface area (Å²) in [6.07, 6.45) is 1.14. The minimum absolute atomic E-state index is 1.14. The van der Waals surface area contributed by atoms with Crippen LogP contribution in [0.5, 0.6) is 0 Å². The maximum atomic E-state index is 2.64. The Balaban J connectivity index is 2.19. The highest BCUT2D eigenvalue weighted by Crippen LogP contribution is 1.58. The molecule has 0 spiro atoms. The number of quaternary nitrogens is 1. The van der Waals surface area contributed by atoms with Gasteiger partial charge in [0.05, 0.1) is 12.8 Å². The molecule has 1 nitrogen and oxygen atoms in total. The Morgan fingerprint density at radius 1 is 1.80 bits per heavy atom. The fourth-order valence-electron chi connectivity index (χ4n) is 0.167. The first kappa shape index (κ1) is 5.39. The van der Waals surface area contributed by atoms with E-state index < -0.39 is 0 Å². The zero-order valence-corrected chi connectivity index (χ0v) is 4.72. The number of nitrogens with two attached hydrogens (primary N) is 1. The number of rotatable bonds is 2. The van der Waals surface area contributed by atoms with Gasteiger partial charge in [0.2, 0.25) is 0 Å². The van der Waals surface area contributed by atoms with E-state index >= 15 is 0 Å². The molecule has 0 heterocycles. The van der Waals surface area contributed by atoms with Crippen molar-refractivity contribution in [3.8, 4) is 0 Å². The molecule has 0 amide bonds. The fourth-order valence-corrected chi connectivity index (χ4v) is 0.500. The molecule has 2 N–H and O–H groups in total. The zero-order chi connectivity index (χ0) is 4.12. The van der Waals surface area contributed by atoms with Crippen molar-refractivity contribution < 1.29 is 5.32 Å². The summed E-state index contributed by atoms with van der Waals surface area (Å²) in [5.41, 5.74) is 0. The number of hydrogen-bond acceptors (Lipinski definition) is 0. The minimum Gasteiger partial charge on any atom is -0.344 e. The summed E-state index contributed by atoms with van der Waals surface area (Å²) in [6.45, 7) is 3.34. The van der Waals surface area contributed by atoms with Crippen LogP contribution >= 0.6 is 9.24 Å². The monoisotopic (exact) mass is 92.1 g/mol. The Hall–Kier alpha value is 0.390. The van der Waals surface area contributed by atoms with Gasteiger partial charge in [-0.1, -0.05) is 9.24 Å². The van der Waals surface area contributed by atoms with Crippen LogP contribution in [0.3, 0.4) is 0 Å². The van der Waals surface area contributed by atoms with Crippen molar-refractivity contribution in [2.45, 2.75) is 6.92 Å². The SMILES string of the molecule is CC[NH2+]CP. The molecule has 0 aliphatic heterocycles. The molecule has 0 saturated carbocycles. The topological polar surface area (TPSA) is 16.6 Å². The molecule has 1 atom stereocenters. The highest BCUT2D eigenvalue weighted by Gasteiger charge is 1.66. The van der Waals surface area contributed by atoms with E-state index in [0.717, 1.165) is 6.29 Å². The molecule has 5 heavy (non-hydrogen) atoms. The molecule has 0 aromatic rings. The van der Waals surface area contributed by atoms with E-state index in [4.69, 9.17) is 0 Å². The van der Waals surface area contributed by atoms with Gasteiger partial charge < -0.3 is 5.32 Å². The Labute approximate surface area is 35.3 Å². The molecule has 0 radical (unpaired) electrons. The lowest BCUT2D eigenvalue weighted by Crippen LogP contribution is -2.82. The van der Waals surface area contributed by atoms with Crippen molar-refractivity contribution in [2.24, 2.45) is 0 Å². The second-order valence-corrected chi connectivity index (χ2v) is 1.40. The molecule has 0 aromatic carbocycles. The Kier molecular flexibility index (Phi) is 4.73. The third-order valence-corrected chi connectivity index (χ3v) is 0.789. The smallest absolute Gasteiger partial charge is 0.0876 e. The largest absolute Gasteiger partial charge is 0.344 e. The van der Waals surface area contributed by atoms with Gasteiger partial charge in [-0.15, -0.1) is 0 Å². The predicted molar refractivity (Wildman–Crippen MR) is 27.0 cm³/mol. The fraction of sp³-hybridized carbons (Fsp3) is 1.00. The van der Waals surface area contributed by atoms with Crippen molar-refractivity contribution in [3.63, 3.8) is 0 Å². The molecule has 0 aliphatic carbocycles. The zero-order valence-electron chi connectivity index (χ0n) is 3.57. The van der Waals surface area contributed by atoms with Crippen LogP contribution in [0.4, 0.5) is 0 Å². The third kappa shape index (κ3) is 4.39. The normalized spacial score (nSPS) is 8.40. The van der Waals surface area contributed by atoms with Crippen LogP contribution in [0.15, 0.2) is 0 Å². The summed E-state index contributed by atoms with van der Waals surface area (Å²) in [6, 6.07) is 0. The van der Waals surface area contributed by atoms with Crippen molar-refractivity contribution in [3.05, 3.63) is 0 Å². The summed E-state index contributed by atoms with van der Waals surface area (Å²) in [7, 11) is 2.64. The van der Waals surface area contributed by atoms with Gasteiger partial charge in [-0.2, -0.15) is 0 Å². The first-order valence-corrected chi connectivity index (χ1v) is 2.75. The van der Waals surface area contributed by atoms with Gasteiger partial charge >= 0.3 is 0 Å². The molecule has 32 valence electrons. The van der Waals surface area contributed by atoms with Gasteiger partial charge in [0.25, 0.3) is 0 Å². The van der Waals surface area contributed by atoms with Crippen LogP contribution in [0.2, 0.25) is 0 Å². The lowest BCUT2D eigenvalue weighted by Gasteiger charge is -1.83. The summed E-state index contributed by atoms with van der Waals surface area (Å²) in [5.74, 6) is 0. The van der Waals surface area contributed by atoms with E-state index in [2.05, 4.69) is 21.5 Å². The van der Waals surface area contributed by atoms with E-state index in [0.29, 0.717) is 0 Å². The highest BCUT2D eigenvalue weighted by molar-refractivity contribution is 7.15. The van der Waals surface area contributed by atoms with Crippen LogP contribution in [0.1, 0.15) is 6.92 Å². The molecule has 0 fully saturated rings. The molecule has 1 unspecified atom stereocenters. The minimum atomic E-state index is 1.14. The Morgan fingerprint density at radius 2 is 2.40 bits per heavy atom. The van der Waals surface area contributed by atoms with E-state index in [1.807, 2.05) is 0 Å². The molecule has 0 aromatic heterocycles. The summed E-state index contributed by atoms with van der Waals surface area (Å²) in [4.78, 5) is 0. The molecular formula is C3H11NP+. The van der Waals surface area contributed by atoms with Gasteiger partial charge in [0, 0.05) is 0 Å². The number of hydrogen-bond donors (Lipinski definition) is 1. The van der Waals surface area contributed by atoms with Crippen molar-refractivity contribution in [1.29, 1.82) is 0 Å². The second-order valence-electron chi connectivity index (χ2n) is 0.933. The molecular weight excluding hydrogens is 81.0 g/mol. The van der Waals surface area contributed by atoms with Gasteiger partial charge in [0.15, 0.2) is 0 Å². The van der Waals surface area contributed by atoms with Crippen LogP contribution in [-0.2, 0) is 0 Å². The van der Waals surface area contributed by atoms with Crippen LogP contribution < -0.4 is 5.32 Å². The summed E-state index contributed by atoms with van der Waals surface area (Å²) in [5, 5.41) is 2.21. The van der Waals surface area contributed by atoms with Crippen molar-refractivity contribution >= 4 is 9.24 Å². The average Bonchev–Trinajstić information content (AvgIpc) is 1.41. The van der Waals surface area contributed by atoms with Crippen LogP contribution in [0.25, 0.3) is 0 Å². The quantitative estimate of drug-likeness (QED) is 0.438.